The van der Waals surface area contributed by atoms with Gasteiger partial charge in [-0.25, -0.2) is 0 Å². The number of halogens is 3. The Hall–Kier alpha value is -2.56. The molecule has 1 aromatic carbocycles. The number of ether oxygens (including phenoxy) is 1. The van der Waals surface area contributed by atoms with Crippen LogP contribution in [0.3, 0.4) is 0 Å². The number of amides is 1. The van der Waals surface area contributed by atoms with E-state index in [4.69, 9.17) is 5.26 Å². The lowest BCUT2D eigenvalue weighted by molar-refractivity contribution is -0.144. The number of benzene rings is 1. The molecule has 0 saturated heterocycles. The Morgan fingerprint density at radius 1 is 1.45 bits per heavy atom. The summed E-state index contributed by atoms with van der Waals surface area (Å²) in [5, 5.41) is 9.16. The Kier molecular flexibility index (Phi) is 4.08. The van der Waals surface area contributed by atoms with Gasteiger partial charge >= 0.3 is 12.1 Å². The molecule has 0 aliphatic carbocycles. The predicted octanol–water partition coefficient (Wildman–Crippen LogP) is 2.29. The lowest BCUT2D eigenvalue weighted by atomic mass is 10.00. The van der Waals surface area contributed by atoms with Gasteiger partial charge in [-0.3, -0.25) is 9.59 Å². The largest absolute Gasteiger partial charge is 0.465 e. The van der Waals surface area contributed by atoms with Gasteiger partial charge in [0.05, 0.1) is 23.8 Å². The molecule has 1 unspecified atom stereocenters. The van der Waals surface area contributed by atoms with E-state index >= 15 is 0 Å². The molecule has 1 aliphatic heterocycles. The molecule has 0 bridgehead atoms. The van der Waals surface area contributed by atoms with Crippen LogP contribution >= 0.6 is 0 Å². The Labute approximate surface area is 123 Å². The third-order valence-corrected chi connectivity index (χ3v) is 3.21. The van der Waals surface area contributed by atoms with Crippen molar-refractivity contribution in [2.45, 2.75) is 19.1 Å². The third kappa shape index (κ3) is 2.62. The van der Waals surface area contributed by atoms with E-state index in [1.165, 1.54) is 6.07 Å². The monoisotopic (exact) mass is 312 g/mol. The molecule has 22 heavy (non-hydrogen) atoms. The molecule has 1 amide bonds. The number of nitrogens with zero attached hydrogens (tertiary/aromatic N) is 2. The number of esters is 1. The highest BCUT2D eigenvalue weighted by atomic mass is 19.4. The fourth-order valence-corrected chi connectivity index (χ4v) is 2.35. The maximum Gasteiger partial charge on any atom is 0.417 e. The summed E-state index contributed by atoms with van der Waals surface area (Å²) in [6, 6.07) is 3.70. The maximum atomic E-state index is 13.0. The molecular formula is C14H11F3N2O3. The second-order valence-corrected chi connectivity index (χ2v) is 4.54. The van der Waals surface area contributed by atoms with Crippen LogP contribution in [0.4, 0.5) is 13.2 Å². The van der Waals surface area contributed by atoms with Gasteiger partial charge in [-0.05, 0) is 13.0 Å². The second-order valence-electron chi connectivity index (χ2n) is 4.54. The minimum atomic E-state index is -4.72. The van der Waals surface area contributed by atoms with E-state index in [1.54, 1.807) is 13.0 Å². The minimum Gasteiger partial charge on any atom is -0.465 e. The zero-order valence-electron chi connectivity index (χ0n) is 11.5. The van der Waals surface area contributed by atoms with Crippen molar-refractivity contribution in [1.82, 2.24) is 4.90 Å². The number of carbonyl (C=O) groups is 2. The van der Waals surface area contributed by atoms with Gasteiger partial charge in [-0.1, -0.05) is 12.1 Å². The van der Waals surface area contributed by atoms with Crippen molar-refractivity contribution in [3.05, 3.63) is 34.9 Å². The summed E-state index contributed by atoms with van der Waals surface area (Å²) in [5.74, 6) is -1.78. The average molecular weight is 312 g/mol. The van der Waals surface area contributed by atoms with Crippen molar-refractivity contribution in [2.24, 2.45) is 0 Å². The van der Waals surface area contributed by atoms with Crippen LogP contribution < -0.4 is 0 Å². The standard InChI is InChI=1S/C14H11F3N2O3/c1-2-22-11(20)7-19-10(6-18)8-4-3-5-9(14(15,16)17)12(8)13(19)21/h3-5,10H,2,7H2,1H3. The van der Waals surface area contributed by atoms with Crippen molar-refractivity contribution >= 4 is 11.9 Å². The van der Waals surface area contributed by atoms with Crippen LogP contribution in [0.1, 0.15) is 34.5 Å². The zero-order chi connectivity index (χ0) is 16.5. The normalized spacial score (nSPS) is 17.1. The lowest BCUT2D eigenvalue weighted by Crippen LogP contribution is -2.34. The SMILES string of the molecule is CCOC(=O)CN1C(=O)c2c(cccc2C(F)(F)F)C1C#N. The summed E-state index contributed by atoms with van der Waals surface area (Å²) in [6.07, 6.45) is -4.72. The first-order valence-electron chi connectivity index (χ1n) is 6.37. The van der Waals surface area contributed by atoms with Crippen molar-refractivity contribution in [1.29, 1.82) is 5.26 Å². The number of hydrogen-bond donors (Lipinski definition) is 0. The molecule has 2 rings (SSSR count). The van der Waals surface area contributed by atoms with E-state index in [0.29, 0.717) is 0 Å². The molecule has 5 nitrogen and oxygen atoms in total. The van der Waals surface area contributed by atoms with Gasteiger partial charge in [0.25, 0.3) is 5.91 Å². The van der Waals surface area contributed by atoms with E-state index in [2.05, 4.69) is 4.74 Å². The van der Waals surface area contributed by atoms with Crippen LogP contribution in [-0.4, -0.2) is 29.9 Å². The highest BCUT2D eigenvalue weighted by Crippen LogP contribution is 2.41. The first-order chi connectivity index (χ1) is 10.3. The van der Waals surface area contributed by atoms with Gasteiger partial charge in [0.2, 0.25) is 0 Å². The Balaban J connectivity index is 2.46. The van der Waals surface area contributed by atoms with Crippen LogP contribution in [0.25, 0.3) is 0 Å². The van der Waals surface area contributed by atoms with Crippen LogP contribution in [0.2, 0.25) is 0 Å². The molecule has 1 heterocycles. The molecule has 0 radical (unpaired) electrons. The summed E-state index contributed by atoms with van der Waals surface area (Å²) in [6.45, 7) is 1.05. The van der Waals surface area contributed by atoms with Gasteiger partial charge in [-0.15, -0.1) is 0 Å². The van der Waals surface area contributed by atoms with Crippen LogP contribution in [0, 0.1) is 11.3 Å². The molecule has 0 aromatic heterocycles. The molecule has 0 spiro atoms. The number of carbonyl (C=O) groups excluding carboxylic acids is 2. The van der Waals surface area contributed by atoms with Gasteiger partial charge in [0, 0.05) is 5.56 Å². The molecule has 0 saturated carbocycles. The number of fused-ring (bicyclic) bond motifs is 1. The number of nitriles is 1. The highest BCUT2D eigenvalue weighted by Gasteiger charge is 2.45. The van der Waals surface area contributed by atoms with Crippen LogP contribution in [0.5, 0.6) is 0 Å². The van der Waals surface area contributed by atoms with Crippen LogP contribution in [0.15, 0.2) is 18.2 Å². The molecule has 116 valence electrons. The fourth-order valence-electron chi connectivity index (χ4n) is 2.35. The lowest BCUT2D eigenvalue weighted by Gasteiger charge is -2.18. The topological polar surface area (TPSA) is 70.4 Å². The van der Waals surface area contributed by atoms with E-state index < -0.39 is 41.8 Å². The van der Waals surface area contributed by atoms with Gasteiger partial charge in [-0.2, -0.15) is 18.4 Å². The van der Waals surface area contributed by atoms with Crippen molar-refractivity contribution in [2.75, 3.05) is 13.2 Å². The first-order valence-corrected chi connectivity index (χ1v) is 6.37. The molecule has 1 aliphatic rings. The number of hydrogen-bond acceptors (Lipinski definition) is 4. The van der Waals surface area contributed by atoms with Crippen molar-refractivity contribution in [3.63, 3.8) is 0 Å². The summed E-state index contributed by atoms with van der Waals surface area (Å²) in [7, 11) is 0. The second kappa shape index (κ2) is 5.67. The Morgan fingerprint density at radius 3 is 2.68 bits per heavy atom. The van der Waals surface area contributed by atoms with Gasteiger partial charge in [0.15, 0.2) is 0 Å². The molecule has 1 atom stereocenters. The minimum absolute atomic E-state index is 0.0494. The number of rotatable bonds is 3. The maximum absolute atomic E-state index is 13.0. The van der Waals surface area contributed by atoms with E-state index in [9.17, 15) is 22.8 Å². The molecule has 8 heteroatoms. The summed E-state index contributed by atoms with van der Waals surface area (Å²) in [5.41, 5.74) is -1.74. The third-order valence-electron chi connectivity index (χ3n) is 3.21. The fraction of sp³-hybridized carbons (Fsp3) is 0.357. The van der Waals surface area contributed by atoms with Crippen molar-refractivity contribution < 1.29 is 27.5 Å². The van der Waals surface area contributed by atoms with Crippen LogP contribution in [-0.2, 0) is 15.7 Å². The predicted molar refractivity (Wildman–Crippen MR) is 67.5 cm³/mol. The van der Waals surface area contributed by atoms with E-state index in [-0.39, 0.29) is 12.2 Å². The first kappa shape index (κ1) is 15.8. The van der Waals surface area contributed by atoms with Gasteiger partial charge < -0.3 is 9.64 Å². The highest BCUT2D eigenvalue weighted by molar-refractivity contribution is 6.02. The Bertz CT molecular complexity index is 664. The quantitative estimate of drug-likeness (QED) is 0.803. The summed E-state index contributed by atoms with van der Waals surface area (Å²) in [4.78, 5) is 24.5. The zero-order valence-corrected chi connectivity index (χ0v) is 11.5. The summed E-state index contributed by atoms with van der Waals surface area (Å²) < 4.78 is 43.7. The molecule has 0 fully saturated rings. The van der Waals surface area contributed by atoms with E-state index in [0.717, 1.165) is 17.0 Å². The average Bonchev–Trinajstić information content (AvgIpc) is 2.71. The number of alkyl halides is 3. The molecular weight excluding hydrogens is 301 g/mol. The smallest absolute Gasteiger partial charge is 0.417 e. The van der Waals surface area contributed by atoms with Crippen molar-refractivity contribution in [3.8, 4) is 6.07 Å². The summed E-state index contributed by atoms with van der Waals surface area (Å²) >= 11 is 0. The Morgan fingerprint density at radius 2 is 2.14 bits per heavy atom. The van der Waals surface area contributed by atoms with Gasteiger partial charge in [0.1, 0.15) is 12.6 Å². The molecule has 0 N–H and O–H groups in total. The van der Waals surface area contributed by atoms with E-state index in [1.807, 2.05) is 0 Å². The molecule has 1 aromatic rings.